The predicted molar refractivity (Wildman–Crippen MR) is 120 cm³/mol. The van der Waals surface area contributed by atoms with E-state index in [1.165, 1.54) is 22.7 Å². The third-order valence-electron chi connectivity index (χ3n) is 4.62. The maximum atomic E-state index is 9.76. The molecule has 140 valence electrons. The fraction of sp³-hybridized carbons (Fsp3) is 0.130. The van der Waals surface area contributed by atoms with Gasteiger partial charge in [0, 0.05) is 0 Å². The second-order valence-corrected chi connectivity index (χ2v) is 8.75. The quantitative estimate of drug-likeness (QED) is 0.354. The Morgan fingerprint density at radius 2 is 1.17 bits per heavy atom. The molecule has 0 saturated carbocycles. The lowest BCUT2D eigenvalue weighted by Gasteiger charge is -2.06. The predicted octanol–water partition coefficient (Wildman–Crippen LogP) is 6.59. The van der Waals surface area contributed by atoms with E-state index in [2.05, 4.69) is 22.1 Å². The highest BCUT2D eigenvalue weighted by molar-refractivity contribution is 7.20. The Hall–Kier alpha value is -3.32. The zero-order valence-corrected chi connectivity index (χ0v) is 17.6. The highest BCUT2D eigenvalue weighted by atomic mass is 32.1. The van der Waals surface area contributed by atoms with Crippen molar-refractivity contribution in [2.75, 3.05) is 0 Å². The minimum absolute atomic E-state index is 0.525. The monoisotopic (exact) mass is 412 g/mol. The summed E-state index contributed by atoms with van der Waals surface area (Å²) in [7, 11) is 0. The van der Waals surface area contributed by atoms with Crippen LogP contribution in [0, 0.1) is 22.7 Å². The fourth-order valence-corrected chi connectivity index (χ4v) is 5.26. The Bertz CT molecular complexity index is 1200. The van der Waals surface area contributed by atoms with Gasteiger partial charge in [-0.25, -0.2) is 9.97 Å². The van der Waals surface area contributed by atoms with Crippen molar-refractivity contribution in [3.63, 3.8) is 0 Å². The second-order valence-electron chi connectivity index (χ2n) is 6.68. The lowest BCUT2D eigenvalue weighted by atomic mass is 10.00. The van der Waals surface area contributed by atoms with Crippen molar-refractivity contribution >= 4 is 54.3 Å². The van der Waals surface area contributed by atoms with Gasteiger partial charge in [-0.05, 0) is 55.7 Å². The molecular weight excluding hydrogens is 396 g/mol. The van der Waals surface area contributed by atoms with Gasteiger partial charge in [0.2, 0.25) is 0 Å². The van der Waals surface area contributed by atoms with Gasteiger partial charge in [-0.2, -0.15) is 10.5 Å². The van der Waals surface area contributed by atoms with E-state index < -0.39 is 0 Å². The van der Waals surface area contributed by atoms with Crippen molar-refractivity contribution in [3.05, 3.63) is 69.7 Å². The van der Waals surface area contributed by atoms with Crippen LogP contribution in [0.1, 0.15) is 30.3 Å². The van der Waals surface area contributed by atoms with Crippen LogP contribution in [-0.2, 0) is 0 Å². The lowest BCUT2D eigenvalue weighted by molar-refractivity contribution is 1.11. The molecule has 0 aliphatic rings. The van der Waals surface area contributed by atoms with Gasteiger partial charge in [0.05, 0.1) is 31.6 Å². The standard InChI is InChI=1S/C23H16N4S2/c1-14(16(12-24)22-26-18-7-3-5-9-20(18)28-22)11-15(2)17(13-25)23-27-19-8-4-6-10-21(19)29-23/h3-10H,11H2,1-2H3. The average molecular weight is 413 g/mol. The van der Waals surface area contributed by atoms with E-state index in [4.69, 9.17) is 0 Å². The first-order chi connectivity index (χ1) is 14.1. The first kappa shape index (κ1) is 19.0. The van der Waals surface area contributed by atoms with E-state index in [-0.39, 0.29) is 0 Å². The number of rotatable bonds is 4. The van der Waals surface area contributed by atoms with Crippen LogP contribution in [0.25, 0.3) is 31.6 Å². The molecule has 0 unspecified atom stereocenters. The van der Waals surface area contributed by atoms with Crippen molar-refractivity contribution in [2.45, 2.75) is 20.3 Å². The third-order valence-corrected chi connectivity index (χ3v) is 6.73. The number of benzene rings is 2. The Balaban J connectivity index is 1.72. The fourth-order valence-electron chi connectivity index (χ4n) is 3.18. The summed E-state index contributed by atoms with van der Waals surface area (Å²) >= 11 is 3.03. The molecule has 0 spiro atoms. The normalized spacial score (nSPS) is 13.0. The number of allylic oxidation sites excluding steroid dienone is 4. The molecule has 2 aromatic carbocycles. The minimum Gasteiger partial charge on any atom is -0.235 e. The van der Waals surface area contributed by atoms with Gasteiger partial charge in [-0.15, -0.1) is 22.7 Å². The molecule has 0 aliphatic carbocycles. The molecule has 4 aromatic rings. The molecule has 0 aliphatic heterocycles. The number of nitriles is 2. The molecule has 4 nitrogen and oxygen atoms in total. The summed E-state index contributed by atoms with van der Waals surface area (Å²) in [6.45, 7) is 3.86. The van der Waals surface area contributed by atoms with Crippen molar-refractivity contribution in [2.24, 2.45) is 0 Å². The van der Waals surface area contributed by atoms with Gasteiger partial charge in [0.15, 0.2) is 0 Å². The first-order valence-corrected chi connectivity index (χ1v) is 10.7. The summed E-state index contributed by atoms with van der Waals surface area (Å²) in [5, 5.41) is 21.0. The maximum Gasteiger partial charge on any atom is 0.135 e. The SMILES string of the molecule is CC(CC(C)=C(C#N)c1nc2ccccc2s1)=C(C#N)c1nc2ccccc2s1. The molecular formula is C23H16N4S2. The van der Waals surface area contributed by atoms with Crippen molar-refractivity contribution in [3.8, 4) is 12.1 Å². The van der Waals surface area contributed by atoms with Crippen molar-refractivity contribution in [1.29, 1.82) is 10.5 Å². The average Bonchev–Trinajstić information content (AvgIpc) is 3.32. The first-order valence-electron chi connectivity index (χ1n) is 9.02. The van der Waals surface area contributed by atoms with Crippen LogP contribution >= 0.6 is 22.7 Å². The lowest BCUT2D eigenvalue weighted by Crippen LogP contribution is -1.92. The summed E-state index contributed by atoms with van der Waals surface area (Å²) in [4.78, 5) is 9.22. The van der Waals surface area contributed by atoms with Gasteiger partial charge in [-0.3, -0.25) is 0 Å². The van der Waals surface area contributed by atoms with Crippen LogP contribution in [0.3, 0.4) is 0 Å². The van der Waals surface area contributed by atoms with E-state index in [0.29, 0.717) is 17.6 Å². The summed E-state index contributed by atoms with van der Waals surface area (Å²) in [5.74, 6) is 0. The molecule has 0 N–H and O–H groups in total. The van der Waals surface area contributed by atoms with Crippen LogP contribution in [0.5, 0.6) is 0 Å². The van der Waals surface area contributed by atoms with E-state index in [9.17, 15) is 10.5 Å². The van der Waals surface area contributed by atoms with Gasteiger partial charge in [0.25, 0.3) is 0 Å². The second kappa shape index (κ2) is 7.97. The molecule has 6 heteroatoms. The molecule has 0 atom stereocenters. The Kier molecular flexibility index (Phi) is 5.22. The molecule has 2 aromatic heterocycles. The Morgan fingerprint density at radius 1 is 0.759 bits per heavy atom. The zero-order chi connectivity index (χ0) is 20.4. The molecule has 0 fully saturated rings. The summed E-state index contributed by atoms with van der Waals surface area (Å²) in [6, 6.07) is 20.4. The van der Waals surface area contributed by atoms with Gasteiger partial charge in [-0.1, -0.05) is 24.3 Å². The number of hydrogen-bond acceptors (Lipinski definition) is 6. The molecule has 0 radical (unpaired) electrons. The summed E-state index contributed by atoms with van der Waals surface area (Å²) in [6.07, 6.45) is 0.525. The van der Waals surface area contributed by atoms with E-state index in [0.717, 1.165) is 41.6 Å². The Labute approximate surface area is 176 Å². The smallest absolute Gasteiger partial charge is 0.135 e. The molecule has 0 saturated heterocycles. The highest BCUT2D eigenvalue weighted by Crippen LogP contribution is 2.33. The zero-order valence-electron chi connectivity index (χ0n) is 15.9. The molecule has 0 bridgehead atoms. The topological polar surface area (TPSA) is 73.4 Å². The third kappa shape index (κ3) is 3.69. The van der Waals surface area contributed by atoms with E-state index in [1.807, 2.05) is 62.4 Å². The van der Waals surface area contributed by atoms with E-state index >= 15 is 0 Å². The van der Waals surface area contributed by atoms with Crippen LogP contribution in [0.4, 0.5) is 0 Å². The van der Waals surface area contributed by atoms with Gasteiger partial charge >= 0.3 is 0 Å². The maximum absolute atomic E-state index is 9.76. The van der Waals surface area contributed by atoms with Gasteiger partial charge in [0.1, 0.15) is 22.2 Å². The van der Waals surface area contributed by atoms with Gasteiger partial charge < -0.3 is 0 Å². The molecule has 29 heavy (non-hydrogen) atoms. The van der Waals surface area contributed by atoms with Crippen LogP contribution in [-0.4, -0.2) is 9.97 Å². The Morgan fingerprint density at radius 3 is 1.55 bits per heavy atom. The largest absolute Gasteiger partial charge is 0.235 e. The number of fused-ring (bicyclic) bond motifs is 2. The molecule has 2 heterocycles. The minimum atomic E-state index is 0.525. The van der Waals surface area contributed by atoms with Crippen LogP contribution in [0.2, 0.25) is 0 Å². The van der Waals surface area contributed by atoms with Crippen molar-refractivity contribution < 1.29 is 0 Å². The van der Waals surface area contributed by atoms with Crippen molar-refractivity contribution in [1.82, 2.24) is 9.97 Å². The van der Waals surface area contributed by atoms with E-state index in [1.54, 1.807) is 0 Å². The van der Waals surface area contributed by atoms with Crippen LogP contribution in [0.15, 0.2) is 59.7 Å². The number of nitrogens with zero attached hydrogens (tertiary/aromatic N) is 4. The number of para-hydroxylation sites is 2. The summed E-state index contributed by atoms with van der Waals surface area (Å²) < 4.78 is 2.12. The van der Waals surface area contributed by atoms with Crippen LogP contribution < -0.4 is 0 Å². The summed E-state index contributed by atoms with van der Waals surface area (Å²) in [5.41, 5.74) is 4.75. The highest BCUT2D eigenvalue weighted by Gasteiger charge is 2.15. The number of thiazole rings is 2. The molecule has 4 rings (SSSR count). The molecule has 0 amide bonds. The number of hydrogen-bond donors (Lipinski definition) is 0. The number of aromatic nitrogens is 2.